The van der Waals surface area contributed by atoms with E-state index in [1.165, 1.54) is 12.1 Å². The first-order chi connectivity index (χ1) is 8.56. The normalized spacial score (nSPS) is 16.7. The summed E-state index contributed by atoms with van der Waals surface area (Å²) in [7, 11) is 0. The minimum atomic E-state index is -0.582. The molecule has 0 bridgehead atoms. The molecular formula is C12H15F2N3O. The van der Waals surface area contributed by atoms with Crippen LogP contribution in [0.2, 0.25) is 0 Å². The number of nitrogens with two attached hydrogens (primary N) is 1. The Labute approximate surface area is 104 Å². The van der Waals surface area contributed by atoms with E-state index in [0.717, 1.165) is 6.07 Å². The van der Waals surface area contributed by atoms with E-state index in [1.54, 1.807) is 0 Å². The SMILES string of the molecule is NC(=O)NC1CCN(c2ccc(F)cc2F)CC1. The van der Waals surface area contributed by atoms with E-state index in [9.17, 15) is 13.6 Å². The second-order valence-electron chi connectivity index (χ2n) is 4.37. The molecule has 98 valence electrons. The van der Waals surface area contributed by atoms with Crippen molar-refractivity contribution in [1.29, 1.82) is 0 Å². The molecule has 0 aromatic heterocycles. The van der Waals surface area contributed by atoms with Crippen molar-refractivity contribution >= 4 is 11.7 Å². The Hall–Kier alpha value is -1.85. The molecule has 1 heterocycles. The van der Waals surface area contributed by atoms with Gasteiger partial charge in [0.2, 0.25) is 0 Å². The van der Waals surface area contributed by atoms with E-state index in [4.69, 9.17) is 5.73 Å². The summed E-state index contributed by atoms with van der Waals surface area (Å²) in [6, 6.07) is 3.05. The minimum absolute atomic E-state index is 0.0299. The van der Waals surface area contributed by atoms with Crippen molar-refractivity contribution in [3.8, 4) is 0 Å². The number of hydrogen-bond acceptors (Lipinski definition) is 2. The highest BCUT2D eigenvalue weighted by Gasteiger charge is 2.21. The Morgan fingerprint density at radius 2 is 2.00 bits per heavy atom. The van der Waals surface area contributed by atoms with Crippen molar-refractivity contribution in [2.24, 2.45) is 5.73 Å². The highest BCUT2D eigenvalue weighted by atomic mass is 19.1. The molecule has 0 saturated carbocycles. The average molecular weight is 255 g/mol. The van der Waals surface area contributed by atoms with Gasteiger partial charge in [0, 0.05) is 25.2 Å². The summed E-state index contributed by atoms with van der Waals surface area (Å²) in [4.78, 5) is 12.5. The van der Waals surface area contributed by atoms with E-state index in [0.29, 0.717) is 31.6 Å². The van der Waals surface area contributed by atoms with Crippen molar-refractivity contribution in [1.82, 2.24) is 5.32 Å². The van der Waals surface area contributed by atoms with Gasteiger partial charge in [0.05, 0.1) is 5.69 Å². The molecule has 0 aliphatic carbocycles. The molecule has 18 heavy (non-hydrogen) atoms. The van der Waals surface area contributed by atoms with Crippen LogP contribution in [-0.2, 0) is 0 Å². The van der Waals surface area contributed by atoms with E-state index in [1.807, 2.05) is 4.90 Å². The predicted octanol–water partition coefficient (Wildman–Crippen LogP) is 1.60. The number of urea groups is 1. The predicted molar refractivity (Wildman–Crippen MR) is 64.3 cm³/mol. The van der Waals surface area contributed by atoms with Crippen molar-refractivity contribution in [3.63, 3.8) is 0 Å². The second kappa shape index (κ2) is 5.20. The first-order valence-electron chi connectivity index (χ1n) is 5.82. The Balaban J connectivity index is 1.99. The molecule has 4 nitrogen and oxygen atoms in total. The summed E-state index contributed by atoms with van der Waals surface area (Å²) in [5.41, 5.74) is 5.44. The zero-order chi connectivity index (χ0) is 13.1. The lowest BCUT2D eigenvalue weighted by Crippen LogP contribution is -2.46. The van der Waals surface area contributed by atoms with Crippen molar-refractivity contribution in [2.45, 2.75) is 18.9 Å². The Morgan fingerprint density at radius 1 is 1.33 bits per heavy atom. The Bertz CT molecular complexity index is 445. The number of carbonyl (C=O) groups excluding carboxylic acids is 1. The third kappa shape index (κ3) is 2.88. The fourth-order valence-corrected chi connectivity index (χ4v) is 2.20. The van der Waals surface area contributed by atoms with Gasteiger partial charge in [-0.1, -0.05) is 0 Å². The molecule has 3 N–H and O–H groups in total. The number of primary amides is 1. The van der Waals surface area contributed by atoms with Crippen LogP contribution in [0.15, 0.2) is 18.2 Å². The largest absolute Gasteiger partial charge is 0.369 e. The van der Waals surface area contributed by atoms with Crippen LogP contribution in [0.1, 0.15) is 12.8 Å². The molecule has 2 amide bonds. The number of halogens is 2. The van der Waals surface area contributed by atoms with Crippen LogP contribution in [0, 0.1) is 11.6 Å². The smallest absolute Gasteiger partial charge is 0.312 e. The highest BCUT2D eigenvalue weighted by molar-refractivity contribution is 5.72. The molecule has 6 heteroatoms. The van der Waals surface area contributed by atoms with E-state index in [2.05, 4.69) is 5.32 Å². The lowest BCUT2D eigenvalue weighted by atomic mass is 10.0. The number of rotatable bonds is 2. The molecule has 1 aromatic rings. The topological polar surface area (TPSA) is 58.4 Å². The third-order valence-electron chi connectivity index (χ3n) is 3.09. The van der Waals surface area contributed by atoms with Crippen LogP contribution in [0.5, 0.6) is 0 Å². The van der Waals surface area contributed by atoms with Crippen LogP contribution in [0.4, 0.5) is 19.3 Å². The maximum Gasteiger partial charge on any atom is 0.312 e. The zero-order valence-corrected chi connectivity index (χ0v) is 9.83. The summed E-state index contributed by atoms with van der Waals surface area (Å²) in [5.74, 6) is -1.14. The van der Waals surface area contributed by atoms with Gasteiger partial charge in [0.15, 0.2) is 0 Å². The molecular weight excluding hydrogens is 240 g/mol. The summed E-state index contributed by atoms with van der Waals surface area (Å²) >= 11 is 0. The fraction of sp³-hybridized carbons (Fsp3) is 0.417. The average Bonchev–Trinajstić information content (AvgIpc) is 2.30. The fourth-order valence-electron chi connectivity index (χ4n) is 2.20. The van der Waals surface area contributed by atoms with Gasteiger partial charge >= 0.3 is 6.03 Å². The van der Waals surface area contributed by atoms with Gasteiger partial charge in [-0.05, 0) is 25.0 Å². The molecule has 1 fully saturated rings. The van der Waals surface area contributed by atoms with Crippen LogP contribution in [-0.4, -0.2) is 25.2 Å². The van der Waals surface area contributed by atoms with Crippen LogP contribution in [0.25, 0.3) is 0 Å². The van der Waals surface area contributed by atoms with Gasteiger partial charge in [-0.2, -0.15) is 0 Å². The minimum Gasteiger partial charge on any atom is -0.369 e. The summed E-state index contributed by atoms with van der Waals surface area (Å²) in [6.45, 7) is 1.21. The van der Waals surface area contributed by atoms with Crippen LogP contribution < -0.4 is 16.0 Å². The third-order valence-corrected chi connectivity index (χ3v) is 3.09. The molecule has 0 atom stereocenters. The monoisotopic (exact) mass is 255 g/mol. The number of carbonyl (C=O) groups is 1. The maximum atomic E-state index is 13.6. The summed E-state index contributed by atoms with van der Waals surface area (Å²) in [5, 5.41) is 2.64. The zero-order valence-electron chi connectivity index (χ0n) is 9.83. The number of benzene rings is 1. The van der Waals surface area contributed by atoms with Crippen molar-refractivity contribution < 1.29 is 13.6 Å². The number of hydrogen-bond donors (Lipinski definition) is 2. The molecule has 1 aliphatic rings. The standard InChI is InChI=1S/C12H15F2N3O/c13-8-1-2-11(10(14)7-8)17-5-3-9(4-6-17)16-12(15)18/h1-2,7,9H,3-6H2,(H3,15,16,18). The van der Waals surface area contributed by atoms with Gasteiger partial charge in [-0.25, -0.2) is 13.6 Å². The summed E-state index contributed by atoms with van der Waals surface area (Å²) < 4.78 is 26.4. The lowest BCUT2D eigenvalue weighted by molar-refractivity contribution is 0.242. The number of nitrogens with zero attached hydrogens (tertiary/aromatic N) is 1. The molecule has 0 unspecified atom stereocenters. The molecule has 0 radical (unpaired) electrons. The maximum absolute atomic E-state index is 13.6. The van der Waals surface area contributed by atoms with Gasteiger partial charge in [-0.3, -0.25) is 0 Å². The van der Waals surface area contributed by atoms with Gasteiger partial charge < -0.3 is 16.0 Å². The first kappa shape index (κ1) is 12.6. The van der Waals surface area contributed by atoms with E-state index < -0.39 is 17.7 Å². The molecule has 1 aromatic carbocycles. The Kier molecular flexibility index (Phi) is 3.64. The van der Waals surface area contributed by atoms with Gasteiger partial charge in [-0.15, -0.1) is 0 Å². The van der Waals surface area contributed by atoms with Gasteiger partial charge in [0.25, 0.3) is 0 Å². The van der Waals surface area contributed by atoms with Gasteiger partial charge in [0.1, 0.15) is 11.6 Å². The first-order valence-corrected chi connectivity index (χ1v) is 5.82. The molecule has 2 rings (SSSR count). The summed E-state index contributed by atoms with van der Waals surface area (Å²) in [6.07, 6.45) is 1.39. The number of amides is 2. The van der Waals surface area contributed by atoms with Crippen LogP contribution in [0.3, 0.4) is 0 Å². The number of piperidine rings is 1. The molecule has 0 spiro atoms. The van der Waals surface area contributed by atoms with Crippen molar-refractivity contribution in [3.05, 3.63) is 29.8 Å². The molecule has 1 aliphatic heterocycles. The van der Waals surface area contributed by atoms with E-state index >= 15 is 0 Å². The van der Waals surface area contributed by atoms with Crippen LogP contribution >= 0.6 is 0 Å². The van der Waals surface area contributed by atoms with E-state index in [-0.39, 0.29) is 6.04 Å². The lowest BCUT2D eigenvalue weighted by Gasteiger charge is -2.33. The number of anilines is 1. The molecule has 1 saturated heterocycles. The van der Waals surface area contributed by atoms with Crippen molar-refractivity contribution in [2.75, 3.05) is 18.0 Å². The Morgan fingerprint density at radius 3 is 2.56 bits per heavy atom. The number of nitrogens with one attached hydrogen (secondary N) is 1. The highest BCUT2D eigenvalue weighted by Crippen LogP contribution is 2.23. The quantitative estimate of drug-likeness (QED) is 0.843. The second-order valence-corrected chi connectivity index (χ2v) is 4.37.